The van der Waals surface area contributed by atoms with E-state index in [1.807, 2.05) is 0 Å². The molecule has 0 aromatic carbocycles. The molecule has 0 aliphatic carbocycles. The van der Waals surface area contributed by atoms with E-state index in [-0.39, 0.29) is 0 Å². The zero-order valence-electron chi connectivity index (χ0n) is 13.5. The molecule has 3 atom stereocenters. The molecule has 0 spiro atoms. The third-order valence-corrected chi connectivity index (χ3v) is 5.78. The summed E-state index contributed by atoms with van der Waals surface area (Å²) in [5, 5.41) is 4.02. The first-order valence-corrected chi connectivity index (χ1v) is 8.96. The zero-order valence-corrected chi connectivity index (χ0v) is 13.5. The van der Waals surface area contributed by atoms with Crippen molar-refractivity contribution in [1.29, 1.82) is 0 Å². The van der Waals surface area contributed by atoms with E-state index in [0.717, 1.165) is 24.2 Å². The van der Waals surface area contributed by atoms with Crippen LogP contribution in [0.5, 0.6) is 0 Å². The highest BCUT2D eigenvalue weighted by atomic mass is 15.2. The highest BCUT2D eigenvalue weighted by molar-refractivity contribution is 4.91. The van der Waals surface area contributed by atoms with Crippen LogP contribution in [0.1, 0.15) is 58.8 Å². The third-order valence-electron chi connectivity index (χ3n) is 5.78. The summed E-state index contributed by atoms with van der Waals surface area (Å²) in [6.45, 7) is 9.97. The van der Waals surface area contributed by atoms with Crippen molar-refractivity contribution in [3.8, 4) is 0 Å². The molecule has 1 N–H and O–H groups in total. The van der Waals surface area contributed by atoms with Gasteiger partial charge in [0, 0.05) is 24.2 Å². The molecule has 0 aromatic heterocycles. The molecule has 20 heavy (non-hydrogen) atoms. The number of nitrogens with one attached hydrogen (secondary N) is 1. The van der Waals surface area contributed by atoms with Gasteiger partial charge in [-0.2, -0.15) is 0 Å². The highest BCUT2D eigenvalue weighted by Gasteiger charge is 2.32. The smallest absolute Gasteiger partial charge is 0.0111 e. The molecule has 0 bridgehead atoms. The van der Waals surface area contributed by atoms with E-state index in [9.17, 15) is 0 Å². The van der Waals surface area contributed by atoms with Crippen LogP contribution in [0.4, 0.5) is 0 Å². The van der Waals surface area contributed by atoms with Gasteiger partial charge in [0.1, 0.15) is 0 Å². The van der Waals surface area contributed by atoms with Crippen molar-refractivity contribution >= 4 is 0 Å². The maximum atomic E-state index is 4.02. The number of hydrogen-bond acceptors (Lipinski definition) is 3. The molecular weight excluding hydrogens is 246 g/mol. The summed E-state index contributed by atoms with van der Waals surface area (Å²) in [6, 6.07) is 3.19. The largest absolute Gasteiger partial charge is 0.311 e. The lowest BCUT2D eigenvalue weighted by atomic mass is 9.96. The Hall–Kier alpha value is -0.120. The van der Waals surface area contributed by atoms with Crippen LogP contribution in [-0.2, 0) is 0 Å². The first-order valence-electron chi connectivity index (χ1n) is 8.96. The molecule has 3 unspecified atom stereocenters. The van der Waals surface area contributed by atoms with Gasteiger partial charge in [0.25, 0.3) is 0 Å². The average Bonchev–Trinajstić information content (AvgIpc) is 2.76. The molecule has 0 amide bonds. The summed E-state index contributed by atoms with van der Waals surface area (Å²) >= 11 is 0. The molecule has 0 saturated carbocycles. The van der Waals surface area contributed by atoms with Crippen LogP contribution in [-0.4, -0.2) is 60.1 Å². The maximum Gasteiger partial charge on any atom is 0.0111 e. The molecule has 3 rings (SSSR count). The Morgan fingerprint density at radius 2 is 1.65 bits per heavy atom. The molecule has 3 aliphatic rings. The zero-order chi connectivity index (χ0) is 13.9. The van der Waals surface area contributed by atoms with Gasteiger partial charge >= 0.3 is 0 Å². The number of rotatable bonds is 3. The fourth-order valence-corrected chi connectivity index (χ4v) is 4.51. The van der Waals surface area contributed by atoms with Crippen LogP contribution in [0.2, 0.25) is 0 Å². The van der Waals surface area contributed by atoms with E-state index in [2.05, 4.69) is 29.0 Å². The molecule has 3 heterocycles. The summed E-state index contributed by atoms with van der Waals surface area (Å²) < 4.78 is 0. The summed E-state index contributed by atoms with van der Waals surface area (Å²) in [5.74, 6) is 0. The Kier molecular flexibility index (Phi) is 5.00. The lowest BCUT2D eigenvalue weighted by molar-refractivity contribution is 0.158. The molecule has 3 heteroatoms. The van der Waals surface area contributed by atoms with Crippen molar-refractivity contribution in [3.05, 3.63) is 0 Å². The fraction of sp³-hybridized carbons (Fsp3) is 1.00. The minimum absolute atomic E-state index is 0.718. The minimum Gasteiger partial charge on any atom is -0.311 e. The van der Waals surface area contributed by atoms with Crippen molar-refractivity contribution in [1.82, 2.24) is 15.1 Å². The van der Waals surface area contributed by atoms with Crippen molar-refractivity contribution in [2.75, 3.05) is 26.2 Å². The van der Waals surface area contributed by atoms with Gasteiger partial charge in [0.05, 0.1) is 0 Å². The number of piperidine rings is 1. The summed E-state index contributed by atoms with van der Waals surface area (Å²) in [6.07, 6.45) is 9.77. The number of hydrogen-bond donors (Lipinski definition) is 1. The molecular formula is C17H33N3. The van der Waals surface area contributed by atoms with Crippen LogP contribution >= 0.6 is 0 Å². The minimum atomic E-state index is 0.718. The van der Waals surface area contributed by atoms with Gasteiger partial charge in [-0.1, -0.05) is 0 Å². The maximum absolute atomic E-state index is 4.02. The normalized spacial score (nSPS) is 37.0. The summed E-state index contributed by atoms with van der Waals surface area (Å²) in [4.78, 5) is 5.38. The molecule has 3 saturated heterocycles. The van der Waals surface area contributed by atoms with Gasteiger partial charge in [-0.15, -0.1) is 0 Å². The van der Waals surface area contributed by atoms with Crippen molar-refractivity contribution < 1.29 is 0 Å². The van der Waals surface area contributed by atoms with E-state index in [1.54, 1.807) is 0 Å². The predicted octanol–water partition coefficient (Wildman–Crippen LogP) is 2.47. The first kappa shape index (κ1) is 14.8. The lowest BCUT2D eigenvalue weighted by Gasteiger charge is -2.37. The standard InChI is InChI=1S/C17H33N3/c1-14(2)19-9-3-5-15(7-11-19)18-16-8-12-20-10-4-6-17(20)13-16/h14-18H,3-13H2,1-2H3. The number of nitrogens with zero attached hydrogens (tertiary/aromatic N) is 2. The van der Waals surface area contributed by atoms with Crippen LogP contribution in [0.25, 0.3) is 0 Å². The van der Waals surface area contributed by atoms with Crippen LogP contribution in [0, 0.1) is 0 Å². The van der Waals surface area contributed by atoms with Crippen molar-refractivity contribution in [3.63, 3.8) is 0 Å². The van der Waals surface area contributed by atoms with Crippen molar-refractivity contribution in [2.45, 2.75) is 83.0 Å². The van der Waals surface area contributed by atoms with E-state index in [0.29, 0.717) is 0 Å². The van der Waals surface area contributed by atoms with Gasteiger partial charge in [0.2, 0.25) is 0 Å². The number of fused-ring (bicyclic) bond motifs is 1. The average molecular weight is 279 g/mol. The fourth-order valence-electron chi connectivity index (χ4n) is 4.51. The Morgan fingerprint density at radius 1 is 0.850 bits per heavy atom. The molecule has 0 radical (unpaired) electrons. The van der Waals surface area contributed by atoms with Gasteiger partial charge in [-0.25, -0.2) is 0 Å². The third kappa shape index (κ3) is 3.55. The SMILES string of the molecule is CC(C)N1CCCC(NC2CCN3CCCC3C2)CC1. The van der Waals surface area contributed by atoms with Gasteiger partial charge < -0.3 is 15.1 Å². The monoisotopic (exact) mass is 279 g/mol. The Bertz CT molecular complexity index is 305. The quantitative estimate of drug-likeness (QED) is 0.856. The predicted molar refractivity (Wildman–Crippen MR) is 85.1 cm³/mol. The van der Waals surface area contributed by atoms with Crippen LogP contribution in [0.15, 0.2) is 0 Å². The molecule has 3 aliphatic heterocycles. The molecule has 3 fully saturated rings. The molecule has 0 aromatic rings. The van der Waals surface area contributed by atoms with E-state index in [1.165, 1.54) is 71.1 Å². The van der Waals surface area contributed by atoms with Gasteiger partial charge in [-0.3, -0.25) is 0 Å². The second-order valence-corrected chi connectivity index (χ2v) is 7.48. The lowest BCUT2D eigenvalue weighted by Crippen LogP contribution is -2.48. The summed E-state index contributed by atoms with van der Waals surface area (Å²) in [5.41, 5.74) is 0. The van der Waals surface area contributed by atoms with Crippen LogP contribution < -0.4 is 5.32 Å². The van der Waals surface area contributed by atoms with Crippen molar-refractivity contribution in [2.24, 2.45) is 0 Å². The second kappa shape index (κ2) is 6.76. The van der Waals surface area contributed by atoms with E-state index < -0.39 is 0 Å². The second-order valence-electron chi connectivity index (χ2n) is 7.48. The molecule has 3 nitrogen and oxygen atoms in total. The Balaban J connectivity index is 1.46. The Morgan fingerprint density at radius 3 is 2.50 bits per heavy atom. The summed E-state index contributed by atoms with van der Waals surface area (Å²) in [7, 11) is 0. The van der Waals surface area contributed by atoms with E-state index in [4.69, 9.17) is 0 Å². The van der Waals surface area contributed by atoms with Gasteiger partial charge in [0.15, 0.2) is 0 Å². The van der Waals surface area contributed by atoms with Crippen LogP contribution in [0.3, 0.4) is 0 Å². The van der Waals surface area contributed by atoms with E-state index >= 15 is 0 Å². The first-order chi connectivity index (χ1) is 9.72. The number of likely N-dealkylation sites (tertiary alicyclic amines) is 1. The van der Waals surface area contributed by atoms with Gasteiger partial charge in [-0.05, 0) is 85.0 Å². The topological polar surface area (TPSA) is 18.5 Å². The Labute approximate surface area is 125 Å². The molecule has 116 valence electrons. The highest BCUT2D eigenvalue weighted by Crippen LogP contribution is 2.27.